The molecule has 1 aromatic heterocycles. The van der Waals surface area contributed by atoms with Crippen molar-refractivity contribution in [2.75, 3.05) is 6.61 Å². The van der Waals surface area contributed by atoms with Gasteiger partial charge in [-0.3, -0.25) is 0 Å². The second-order valence-corrected chi connectivity index (χ2v) is 3.51. The number of carboxylic acids is 1. The molecule has 1 heterocycles. The van der Waals surface area contributed by atoms with E-state index in [2.05, 4.69) is 6.58 Å². The lowest BCUT2D eigenvalue weighted by Crippen LogP contribution is -2.01. The minimum atomic E-state index is -1.01. The average Bonchev–Trinajstić information content (AvgIpc) is 2.67. The molecule has 4 heteroatoms. The van der Waals surface area contributed by atoms with Crippen molar-refractivity contribution in [2.24, 2.45) is 0 Å². The van der Waals surface area contributed by atoms with E-state index in [-0.39, 0.29) is 12.2 Å². The van der Waals surface area contributed by atoms with Gasteiger partial charge in [0.2, 0.25) is 0 Å². The molecule has 1 N–H and O–H groups in total. The SMILES string of the molecule is C=CCOCc1oc2ccccc2c1C(=O)O. The standard InChI is InChI=1S/C13H12O4/c1-2-7-16-8-11-12(13(14)15)9-5-3-4-6-10(9)17-11/h2-6H,1,7-8H2,(H,14,15). The van der Waals surface area contributed by atoms with E-state index in [1.54, 1.807) is 30.3 Å². The number of furan rings is 1. The molecule has 0 bridgehead atoms. The van der Waals surface area contributed by atoms with Gasteiger partial charge in [-0.2, -0.15) is 0 Å². The van der Waals surface area contributed by atoms with Crippen LogP contribution in [0.3, 0.4) is 0 Å². The Labute approximate surface area is 98.1 Å². The monoisotopic (exact) mass is 232 g/mol. The van der Waals surface area contributed by atoms with Crippen molar-refractivity contribution in [3.05, 3.63) is 48.2 Å². The zero-order chi connectivity index (χ0) is 12.3. The maximum absolute atomic E-state index is 11.2. The molecule has 4 nitrogen and oxygen atoms in total. The maximum Gasteiger partial charge on any atom is 0.340 e. The summed E-state index contributed by atoms with van der Waals surface area (Å²) in [6.07, 6.45) is 1.60. The van der Waals surface area contributed by atoms with Gasteiger partial charge in [0.05, 0.1) is 6.61 Å². The van der Waals surface area contributed by atoms with E-state index in [9.17, 15) is 9.90 Å². The molecule has 0 aliphatic rings. The molecule has 0 aliphatic carbocycles. The van der Waals surface area contributed by atoms with Crippen molar-refractivity contribution >= 4 is 16.9 Å². The van der Waals surface area contributed by atoms with Crippen LogP contribution in [-0.2, 0) is 11.3 Å². The molecule has 0 radical (unpaired) electrons. The number of ether oxygens (including phenoxy) is 1. The van der Waals surface area contributed by atoms with E-state index in [1.165, 1.54) is 0 Å². The zero-order valence-electron chi connectivity index (χ0n) is 9.18. The van der Waals surface area contributed by atoms with Crippen LogP contribution < -0.4 is 0 Å². The van der Waals surface area contributed by atoms with Crippen LogP contribution >= 0.6 is 0 Å². The van der Waals surface area contributed by atoms with Crippen molar-refractivity contribution < 1.29 is 19.1 Å². The smallest absolute Gasteiger partial charge is 0.340 e. The summed E-state index contributed by atoms with van der Waals surface area (Å²) in [7, 11) is 0. The molecule has 2 aromatic rings. The number of hydrogen-bond donors (Lipinski definition) is 1. The van der Waals surface area contributed by atoms with Crippen molar-refractivity contribution in [2.45, 2.75) is 6.61 Å². The van der Waals surface area contributed by atoms with Gasteiger partial charge in [-0.25, -0.2) is 4.79 Å². The average molecular weight is 232 g/mol. The Balaban J connectivity index is 2.42. The van der Waals surface area contributed by atoms with Crippen molar-refractivity contribution in [3.63, 3.8) is 0 Å². The van der Waals surface area contributed by atoms with Gasteiger partial charge in [0.25, 0.3) is 0 Å². The number of rotatable bonds is 5. The lowest BCUT2D eigenvalue weighted by atomic mass is 10.1. The van der Waals surface area contributed by atoms with Crippen LogP contribution in [-0.4, -0.2) is 17.7 Å². The first-order chi connectivity index (χ1) is 8.24. The highest BCUT2D eigenvalue weighted by molar-refractivity contribution is 6.03. The topological polar surface area (TPSA) is 59.7 Å². The van der Waals surface area contributed by atoms with Crippen LogP contribution in [0.5, 0.6) is 0 Å². The summed E-state index contributed by atoms with van der Waals surface area (Å²) in [5.41, 5.74) is 0.728. The fourth-order valence-electron chi connectivity index (χ4n) is 1.67. The lowest BCUT2D eigenvalue weighted by molar-refractivity contribution is 0.0687. The van der Waals surface area contributed by atoms with Crippen LogP contribution in [0, 0.1) is 0 Å². The molecule has 0 aliphatic heterocycles. The Morgan fingerprint density at radius 3 is 2.94 bits per heavy atom. The molecule has 0 unspecified atom stereocenters. The second-order valence-electron chi connectivity index (χ2n) is 3.51. The van der Waals surface area contributed by atoms with Crippen molar-refractivity contribution in [1.29, 1.82) is 0 Å². The second kappa shape index (κ2) is 4.84. The van der Waals surface area contributed by atoms with E-state index in [4.69, 9.17) is 9.15 Å². The first-order valence-electron chi connectivity index (χ1n) is 5.16. The van der Waals surface area contributed by atoms with Gasteiger partial charge in [-0.15, -0.1) is 6.58 Å². The third-order valence-electron chi connectivity index (χ3n) is 2.35. The highest BCUT2D eigenvalue weighted by Gasteiger charge is 2.19. The lowest BCUT2D eigenvalue weighted by Gasteiger charge is -1.99. The van der Waals surface area contributed by atoms with Crippen LogP contribution in [0.2, 0.25) is 0 Å². The maximum atomic E-state index is 11.2. The minimum absolute atomic E-state index is 0.127. The fraction of sp³-hybridized carbons (Fsp3) is 0.154. The van der Waals surface area contributed by atoms with E-state index < -0.39 is 5.97 Å². The molecule has 2 rings (SSSR count). The van der Waals surface area contributed by atoms with Crippen LogP contribution in [0.25, 0.3) is 11.0 Å². The molecule has 88 valence electrons. The molecule has 1 aromatic carbocycles. The molecule has 0 saturated heterocycles. The van der Waals surface area contributed by atoms with Gasteiger partial charge in [-0.1, -0.05) is 24.3 Å². The quantitative estimate of drug-likeness (QED) is 0.636. The summed E-state index contributed by atoms with van der Waals surface area (Å²) >= 11 is 0. The first kappa shape index (κ1) is 11.4. The number of carboxylic acid groups (broad SMARTS) is 1. The number of aromatic carboxylic acids is 1. The number of fused-ring (bicyclic) bond motifs is 1. The van der Waals surface area contributed by atoms with Crippen molar-refractivity contribution in [1.82, 2.24) is 0 Å². The third-order valence-corrected chi connectivity index (χ3v) is 2.35. The Morgan fingerprint density at radius 2 is 2.24 bits per heavy atom. The number of carbonyl (C=O) groups is 1. The number of para-hydroxylation sites is 1. The summed E-state index contributed by atoms with van der Waals surface area (Å²) in [5.74, 6) is -0.673. The summed E-state index contributed by atoms with van der Waals surface area (Å²) in [5, 5.41) is 9.77. The third kappa shape index (κ3) is 2.21. The Hall–Kier alpha value is -2.07. The molecule has 0 fully saturated rings. The normalized spacial score (nSPS) is 10.6. The van der Waals surface area contributed by atoms with Crippen molar-refractivity contribution in [3.8, 4) is 0 Å². The van der Waals surface area contributed by atoms with Gasteiger partial charge in [0.1, 0.15) is 23.5 Å². The molecule has 0 atom stereocenters. The molecule has 0 spiro atoms. The molecular weight excluding hydrogens is 220 g/mol. The van der Waals surface area contributed by atoms with Gasteiger partial charge in [-0.05, 0) is 6.07 Å². The highest BCUT2D eigenvalue weighted by atomic mass is 16.5. The van der Waals surface area contributed by atoms with E-state index >= 15 is 0 Å². The van der Waals surface area contributed by atoms with Gasteiger partial charge in [0, 0.05) is 5.39 Å². The molecular formula is C13H12O4. The number of benzene rings is 1. The highest BCUT2D eigenvalue weighted by Crippen LogP contribution is 2.26. The van der Waals surface area contributed by atoms with Crippen LogP contribution in [0.4, 0.5) is 0 Å². The summed E-state index contributed by atoms with van der Waals surface area (Å²) in [6.45, 7) is 4.00. The van der Waals surface area contributed by atoms with E-state index in [0.717, 1.165) is 0 Å². The Morgan fingerprint density at radius 1 is 1.47 bits per heavy atom. The number of hydrogen-bond acceptors (Lipinski definition) is 3. The van der Waals surface area contributed by atoms with Crippen LogP contribution in [0.15, 0.2) is 41.3 Å². The summed E-state index contributed by atoms with van der Waals surface area (Å²) < 4.78 is 10.7. The van der Waals surface area contributed by atoms with Gasteiger partial charge in [0.15, 0.2) is 0 Å². The predicted molar refractivity (Wildman–Crippen MR) is 63.0 cm³/mol. The van der Waals surface area contributed by atoms with Gasteiger partial charge < -0.3 is 14.3 Å². The Bertz CT molecular complexity index is 554. The first-order valence-corrected chi connectivity index (χ1v) is 5.16. The molecule has 17 heavy (non-hydrogen) atoms. The molecule has 0 saturated carbocycles. The fourth-order valence-corrected chi connectivity index (χ4v) is 1.67. The zero-order valence-corrected chi connectivity index (χ0v) is 9.18. The van der Waals surface area contributed by atoms with Gasteiger partial charge >= 0.3 is 5.97 Å². The molecule has 0 amide bonds. The minimum Gasteiger partial charge on any atom is -0.478 e. The largest absolute Gasteiger partial charge is 0.478 e. The summed E-state index contributed by atoms with van der Waals surface area (Å²) in [6, 6.07) is 7.03. The van der Waals surface area contributed by atoms with Crippen LogP contribution in [0.1, 0.15) is 16.1 Å². The Kier molecular flexibility index (Phi) is 3.25. The predicted octanol–water partition coefficient (Wildman–Crippen LogP) is 2.83. The van der Waals surface area contributed by atoms with E-state index in [1.807, 2.05) is 0 Å². The van der Waals surface area contributed by atoms with E-state index in [0.29, 0.717) is 23.3 Å². The summed E-state index contributed by atoms with van der Waals surface area (Å²) in [4.78, 5) is 11.2.